The number of fused-ring (bicyclic) bond motifs is 3. The largest absolute Gasteiger partial charge is 0.488 e. The van der Waals surface area contributed by atoms with E-state index in [0.29, 0.717) is 30.4 Å². The molecule has 3 heterocycles. The summed E-state index contributed by atoms with van der Waals surface area (Å²) in [5.74, 6) is -0.0891. The molecule has 33 heavy (non-hydrogen) atoms. The maximum atomic E-state index is 12.7. The van der Waals surface area contributed by atoms with E-state index in [2.05, 4.69) is 10.2 Å². The third-order valence-corrected chi connectivity index (χ3v) is 6.88. The fourth-order valence-corrected chi connectivity index (χ4v) is 4.97. The summed E-state index contributed by atoms with van der Waals surface area (Å²) in [6, 6.07) is 17.2. The highest BCUT2D eigenvalue weighted by molar-refractivity contribution is 7.17. The second-order valence-electron chi connectivity index (χ2n) is 7.93. The van der Waals surface area contributed by atoms with Crippen molar-refractivity contribution in [2.75, 3.05) is 36.5 Å². The third-order valence-electron chi connectivity index (χ3n) is 5.69. The van der Waals surface area contributed by atoms with E-state index in [0.717, 1.165) is 40.5 Å². The van der Waals surface area contributed by atoms with Crippen molar-refractivity contribution in [1.29, 1.82) is 0 Å². The first-order chi connectivity index (χ1) is 16.1. The van der Waals surface area contributed by atoms with Gasteiger partial charge in [-0.1, -0.05) is 12.1 Å². The standard InChI is InChI=1S/C25H24N2O5S/c1-16(24(28)26-18-6-8-19(9-7-18)27-10-12-30-13-11-27)32-25(29)22-14-17-15-31-21-5-3-2-4-20(21)23(17)33-22/h2-9,14,16H,10-13,15H2,1H3,(H,26,28)/t16-/m1/s1. The molecule has 0 aliphatic carbocycles. The van der Waals surface area contributed by atoms with Crippen LogP contribution in [0.1, 0.15) is 22.2 Å². The SMILES string of the molecule is C[C@@H](OC(=O)c1cc2c(s1)-c1ccccc1OC2)C(=O)Nc1ccc(N2CCOCC2)cc1. The zero-order valence-corrected chi connectivity index (χ0v) is 19.0. The molecule has 0 saturated carbocycles. The number of ether oxygens (including phenoxy) is 3. The van der Waals surface area contributed by atoms with Crippen LogP contribution in [0.5, 0.6) is 5.75 Å². The van der Waals surface area contributed by atoms with Gasteiger partial charge in [-0.3, -0.25) is 4.79 Å². The number of hydrogen-bond donors (Lipinski definition) is 1. The number of amides is 1. The van der Waals surface area contributed by atoms with Crippen molar-refractivity contribution in [3.05, 3.63) is 65.0 Å². The molecule has 1 saturated heterocycles. The van der Waals surface area contributed by atoms with Gasteiger partial charge in [-0.2, -0.15) is 0 Å². The highest BCUT2D eigenvalue weighted by atomic mass is 32.1. The molecule has 5 rings (SSSR count). The van der Waals surface area contributed by atoms with Gasteiger partial charge >= 0.3 is 5.97 Å². The maximum absolute atomic E-state index is 12.7. The number of carbonyl (C=O) groups excluding carboxylic acids is 2. The number of benzene rings is 2. The first-order valence-corrected chi connectivity index (χ1v) is 11.7. The topological polar surface area (TPSA) is 77.1 Å². The van der Waals surface area contributed by atoms with Crippen molar-refractivity contribution in [1.82, 2.24) is 0 Å². The van der Waals surface area contributed by atoms with Gasteiger partial charge in [0.25, 0.3) is 5.91 Å². The summed E-state index contributed by atoms with van der Waals surface area (Å²) in [6.07, 6.45) is -0.931. The van der Waals surface area contributed by atoms with Crippen LogP contribution in [0.4, 0.5) is 11.4 Å². The molecule has 2 aliphatic heterocycles. The summed E-state index contributed by atoms with van der Waals surface area (Å²) < 4.78 is 16.6. The Morgan fingerprint density at radius 2 is 1.85 bits per heavy atom. The number of anilines is 2. The predicted molar refractivity (Wildman–Crippen MR) is 127 cm³/mol. The number of esters is 1. The highest BCUT2D eigenvalue weighted by Gasteiger charge is 2.25. The Bertz CT molecular complexity index is 1170. The lowest BCUT2D eigenvalue weighted by Crippen LogP contribution is -2.36. The average molecular weight is 465 g/mol. The molecule has 8 heteroatoms. The normalized spacial score (nSPS) is 15.6. The van der Waals surface area contributed by atoms with Gasteiger partial charge in [-0.15, -0.1) is 11.3 Å². The van der Waals surface area contributed by atoms with Crippen molar-refractivity contribution < 1.29 is 23.8 Å². The lowest BCUT2D eigenvalue weighted by Gasteiger charge is -2.28. The smallest absolute Gasteiger partial charge is 0.349 e. The van der Waals surface area contributed by atoms with Crippen LogP contribution in [-0.4, -0.2) is 44.3 Å². The molecular formula is C25H24N2O5S. The van der Waals surface area contributed by atoms with Gasteiger partial charge in [0.15, 0.2) is 6.10 Å². The molecule has 0 bridgehead atoms. The first kappa shape index (κ1) is 21.5. The van der Waals surface area contributed by atoms with Crippen LogP contribution in [0.15, 0.2) is 54.6 Å². The molecule has 1 N–H and O–H groups in total. The molecule has 1 aromatic heterocycles. The molecule has 2 aromatic carbocycles. The lowest BCUT2D eigenvalue weighted by molar-refractivity contribution is -0.123. The van der Waals surface area contributed by atoms with Crippen LogP contribution in [0.25, 0.3) is 10.4 Å². The molecule has 0 unspecified atom stereocenters. The summed E-state index contributed by atoms with van der Waals surface area (Å²) in [7, 11) is 0. The molecule has 3 aromatic rings. The number of rotatable bonds is 5. The fraction of sp³-hybridized carbons (Fsp3) is 0.280. The van der Waals surface area contributed by atoms with Gasteiger partial charge in [-0.05, 0) is 49.4 Å². The van der Waals surface area contributed by atoms with E-state index >= 15 is 0 Å². The quantitative estimate of drug-likeness (QED) is 0.567. The molecule has 1 atom stereocenters. The van der Waals surface area contributed by atoms with E-state index in [1.165, 1.54) is 11.3 Å². The van der Waals surface area contributed by atoms with Crippen molar-refractivity contribution >= 4 is 34.6 Å². The number of para-hydroxylation sites is 1. The first-order valence-electron chi connectivity index (χ1n) is 10.9. The molecule has 1 amide bonds. The molecule has 1 fully saturated rings. The average Bonchev–Trinajstić information content (AvgIpc) is 3.30. The van der Waals surface area contributed by atoms with Gasteiger partial charge in [0.2, 0.25) is 0 Å². The molecule has 170 valence electrons. The number of nitrogens with zero attached hydrogens (tertiary/aromatic N) is 1. The molecule has 7 nitrogen and oxygen atoms in total. The highest BCUT2D eigenvalue weighted by Crippen LogP contribution is 2.42. The van der Waals surface area contributed by atoms with E-state index < -0.39 is 12.1 Å². The second-order valence-corrected chi connectivity index (χ2v) is 8.99. The zero-order chi connectivity index (χ0) is 22.8. The van der Waals surface area contributed by atoms with E-state index in [1.54, 1.807) is 13.0 Å². The van der Waals surface area contributed by atoms with Gasteiger partial charge < -0.3 is 24.4 Å². The number of morpholine rings is 1. The third kappa shape index (κ3) is 4.58. The van der Waals surface area contributed by atoms with Crippen LogP contribution >= 0.6 is 11.3 Å². The van der Waals surface area contributed by atoms with Crippen LogP contribution in [0, 0.1) is 0 Å². The number of thiophene rings is 1. The molecule has 0 radical (unpaired) electrons. The maximum Gasteiger partial charge on any atom is 0.349 e. The minimum Gasteiger partial charge on any atom is -0.488 e. The van der Waals surface area contributed by atoms with Crippen molar-refractivity contribution in [3.8, 4) is 16.2 Å². The van der Waals surface area contributed by atoms with Gasteiger partial charge in [0, 0.05) is 40.5 Å². The van der Waals surface area contributed by atoms with Crippen LogP contribution in [0.2, 0.25) is 0 Å². The Morgan fingerprint density at radius 1 is 1.09 bits per heavy atom. The zero-order valence-electron chi connectivity index (χ0n) is 18.2. The summed E-state index contributed by atoms with van der Waals surface area (Å²) >= 11 is 1.36. The van der Waals surface area contributed by atoms with E-state index in [-0.39, 0.29) is 5.91 Å². The van der Waals surface area contributed by atoms with Gasteiger partial charge in [0.1, 0.15) is 17.2 Å². The monoisotopic (exact) mass is 464 g/mol. The Hall–Kier alpha value is -3.36. The summed E-state index contributed by atoms with van der Waals surface area (Å²) in [5, 5.41) is 2.81. The van der Waals surface area contributed by atoms with Crippen LogP contribution in [-0.2, 0) is 20.9 Å². The van der Waals surface area contributed by atoms with Crippen LogP contribution < -0.4 is 15.0 Å². The van der Waals surface area contributed by atoms with E-state index in [4.69, 9.17) is 14.2 Å². The van der Waals surface area contributed by atoms with Crippen LogP contribution in [0.3, 0.4) is 0 Å². The van der Waals surface area contributed by atoms with Gasteiger partial charge in [0.05, 0.1) is 13.2 Å². The minimum atomic E-state index is -0.931. The Morgan fingerprint density at radius 3 is 2.64 bits per heavy atom. The molecule has 2 aliphatic rings. The predicted octanol–water partition coefficient (Wildman–Crippen LogP) is 4.33. The Kier molecular flexibility index (Phi) is 6.02. The summed E-state index contributed by atoms with van der Waals surface area (Å²) in [5.41, 5.74) is 3.65. The fourth-order valence-electron chi connectivity index (χ4n) is 3.89. The number of nitrogens with one attached hydrogen (secondary N) is 1. The van der Waals surface area contributed by atoms with Crippen molar-refractivity contribution in [2.24, 2.45) is 0 Å². The van der Waals surface area contributed by atoms with Crippen molar-refractivity contribution in [2.45, 2.75) is 19.6 Å². The summed E-state index contributed by atoms with van der Waals surface area (Å²) in [4.78, 5) is 29.0. The van der Waals surface area contributed by atoms with E-state index in [9.17, 15) is 9.59 Å². The molecule has 0 spiro atoms. The van der Waals surface area contributed by atoms with Crippen molar-refractivity contribution in [3.63, 3.8) is 0 Å². The number of carbonyl (C=O) groups is 2. The Balaban J connectivity index is 1.20. The summed E-state index contributed by atoms with van der Waals surface area (Å²) in [6.45, 7) is 5.11. The second kappa shape index (κ2) is 9.25. The van der Waals surface area contributed by atoms with E-state index in [1.807, 2.05) is 48.5 Å². The lowest BCUT2D eigenvalue weighted by atomic mass is 10.1. The number of hydrogen-bond acceptors (Lipinski definition) is 7. The Labute approximate surface area is 195 Å². The molecular weight excluding hydrogens is 440 g/mol. The van der Waals surface area contributed by atoms with Gasteiger partial charge in [-0.25, -0.2) is 4.79 Å². The minimum absolute atomic E-state index is 0.377.